The molecule has 1 aromatic rings. The number of hydrogen-bond donors (Lipinski definition) is 1. The van der Waals surface area contributed by atoms with E-state index in [1.807, 2.05) is 7.05 Å². The summed E-state index contributed by atoms with van der Waals surface area (Å²) in [5.74, 6) is 0. The average molecular weight is 309 g/mol. The lowest BCUT2D eigenvalue weighted by atomic mass is 10.1. The molecule has 1 heterocycles. The first-order valence-corrected chi connectivity index (χ1v) is 9.30. The smallest absolute Gasteiger partial charge is 0.211 e. The number of sulfonamides is 1. The van der Waals surface area contributed by atoms with Crippen molar-refractivity contribution in [3.8, 4) is 0 Å². The Morgan fingerprint density at radius 2 is 1.81 bits per heavy atom. The van der Waals surface area contributed by atoms with Gasteiger partial charge in [-0.05, 0) is 24.6 Å². The Morgan fingerprint density at radius 3 is 2.43 bits per heavy atom. The number of piperazine rings is 1. The highest BCUT2D eigenvalue weighted by atomic mass is 32.2. The van der Waals surface area contributed by atoms with Gasteiger partial charge < -0.3 is 5.32 Å². The third kappa shape index (κ3) is 2.85. The molecule has 0 radical (unpaired) electrons. The van der Waals surface area contributed by atoms with Gasteiger partial charge in [-0.25, -0.2) is 8.42 Å². The van der Waals surface area contributed by atoms with Gasteiger partial charge in [-0.3, -0.25) is 4.90 Å². The van der Waals surface area contributed by atoms with Crippen molar-refractivity contribution in [1.29, 1.82) is 0 Å². The van der Waals surface area contributed by atoms with Crippen LogP contribution in [-0.4, -0.2) is 63.1 Å². The summed E-state index contributed by atoms with van der Waals surface area (Å²) in [6.07, 6.45) is 2.34. The fourth-order valence-electron chi connectivity index (χ4n) is 3.63. The molecule has 21 heavy (non-hydrogen) atoms. The molecule has 1 saturated heterocycles. The molecule has 2 unspecified atom stereocenters. The number of hydrogen-bond acceptors (Lipinski definition) is 4. The fraction of sp³-hybridized carbons (Fsp3) is 0.600. The summed E-state index contributed by atoms with van der Waals surface area (Å²) in [6.45, 7) is 2.82. The molecule has 116 valence electrons. The standard InChI is InChI=1S/C15H23N3O2S/c1-16-15-13-6-4-3-5-12(13)11-14(15)17-7-9-18(10-8-17)21(2,19)20/h3-6,14-16H,7-11H2,1-2H3. The molecule has 2 atom stereocenters. The Labute approximate surface area is 127 Å². The first-order valence-electron chi connectivity index (χ1n) is 7.45. The second-order valence-electron chi connectivity index (χ2n) is 5.93. The number of rotatable bonds is 3. The van der Waals surface area contributed by atoms with Crippen LogP contribution >= 0.6 is 0 Å². The first kappa shape index (κ1) is 15.0. The zero-order chi connectivity index (χ0) is 15.0. The Kier molecular flexibility index (Phi) is 4.05. The van der Waals surface area contributed by atoms with Crippen LogP contribution in [0, 0.1) is 0 Å². The zero-order valence-electron chi connectivity index (χ0n) is 12.6. The van der Waals surface area contributed by atoms with E-state index in [9.17, 15) is 8.42 Å². The Hall–Kier alpha value is -0.950. The van der Waals surface area contributed by atoms with Gasteiger partial charge in [0.1, 0.15) is 0 Å². The number of nitrogens with zero attached hydrogens (tertiary/aromatic N) is 2. The Balaban J connectivity index is 1.72. The summed E-state index contributed by atoms with van der Waals surface area (Å²) in [4.78, 5) is 2.43. The molecule has 6 heteroatoms. The maximum absolute atomic E-state index is 11.6. The first-order chi connectivity index (χ1) is 10.0. The Morgan fingerprint density at radius 1 is 1.14 bits per heavy atom. The lowest BCUT2D eigenvalue weighted by Crippen LogP contribution is -2.53. The van der Waals surface area contributed by atoms with Crippen molar-refractivity contribution in [3.05, 3.63) is 35.4 Å². The lowest BCUT2D eigenvalue weighted by Gasteiger charge is -2.39. The molecule has 0 bridgehead atoms. The molecule has 3 rings (SSSR count). The molecule has 1 N–H and O–H groups in total. The molecule has 1 aliphatic heterocycles. The van der Waals surface area contributed by atoms with Crippen LogP contribution in [-0.2, 0) is 16.4 Å². The summed E-state index contributed by atoms with van der Waals surface area (Å²) in [6, 6.07) is 9.35. The van der Waals surface area contributed by atoms with Crippen LogP contribution in [0.3, 0.4) is 0 Å². The molecule has 0 aromatic heterocycles. The van der Waals surface area contributed by atoms with Crippen LogP contribution in [0.2, 0.25) is 0 Å². The van der Waals surface area contributed by atoms with Gasteiger partial charge in [0.2, 0.25) is 10.0 Å². The lowest BCUT2D eigenvalue weighted by molar-refractivity contribution is 0.120. The number of benzene rings is 1. The van der Waals surface area contributed by atoms with E-state index < -0.39 is 10.0 Å². The van der Waals surface area contributed by atoms with Crippen molar-refractivity contribution < 1.29 is 8.42 Å². The van der Waals surface area contributed by atoms with Crippen molar-refractivity contribution in [2.75, 3.05) is 39.5 Å². The van der Waals surface area contributed by atoms with Crippen LogP contribution in [0.15, 0.2) is 24.3 Å². The summed E-state index contributed by atoms with van der Waals surface area (Å²) in [7, 11) is -1.05. The van der Waals surface area contributed by atoms with Gasteiger partial charge >= 0.3 is 0 Å². The quantitative estimate of drug-likeness (QED) is 0.881. The van der Waals surface area contributed by atoms with Crippen molar-refractivity contribution in [2.45, 2.75) is 18.5 Å². The van der Waals surface area contributed by atoms with Crippen LogP contribution in [0.5, 0.6) is 0 Å². The van der Waals surface area contributed by atoms with E-state index >= 15 is 0 Å². The normalized spacial score (nSPS) is 27.7. The minimum Gasteiger partial charge on any atom is -0.312 e. The largest absolute Gasteiger partial charge is 0.312 e. The van der Waals surface area contributed by atoms with Crippen molar-refractivity contribution >= 4 is 10.0 Å². The maximum Gasteiger partial charge on any atom is 0.211 e. The molecular weight excluding hydrogens is 286 g/mol. The van der Waals surface area contributed by atoms with Gasteiger partial charge in [-0.15, -0.1) is 0 Å². The van der Waals surface area contributed by atoms with E-state index in [1.165, 1.54) is 17.4 Å². The minimum absolute atomic E-state index is 0.339. The SMILES string of the molecule is CNC1c2ccccc2CC1N1CCN(S(C)(=O)=O)CC1. The number of nitrogens with one attached hydrogen (secondary N) is 1. The van der Waals surface area contributed by atoms with Gasteiger partial charge in [0.15, 0.2) is 0 Å². The maximum atomic E-state index is 11.6. The molecule has 2 aliphatic rings. The summed E-state index contributed by atoms with van der Waals surface area (Å²) >= 11 is 0. The van der Waals surface area contributed by atoms with E-state index in [2.05, 4.69) is 34.5 Å². The van der Waals surface area contributed by atoms with E-state index in [-0.39, 0.29) is 0 Å². The molecule has 1 aliphatic carbocycles. The zero-order valence-corrected chi connectivity index (χ0v) is 13.4. The molecule has 1 aromatic carbocycles. The number of fused-ring (bicyclic) bond motifs is 1. The third-order valence-electron chi connectivity index (χ3n) is 4.73. The fourth-order valence-corrected chi connectivity index (χ4v) is 4.46. The summed E-state index contributed by atoms with van der Waals surface area (Å²) in [5.41, 5.74) is 2.79. The molecule has 1 fully saturated rings. The van der Waals surface area contributed by atoms with E-state index in [0.717, 1.165) is 19.5 Å². The molecule has 0 saturated carbocycles. The third-order valence-corrected chi connectivity index (χ3v) is 6.03. The van der Waals surface area contributed by atoms with E-state index in [1.54, 1.807) is 4.31 Å². The van der Waals surface area contributed by atoms with E-state index in [0.29, 0.717) is 25.2 Å². The van der Waals surface area contributed by atoms with Crippen molar-refractivity contribution in [3.63, 3.8) is 0 Å². The van der Waals surface area contributed by atoms with E-state index in [4.69, 9.17) is 0 Å². The van der Waals surface area contributed by atoms with Gasteiger partial charge in [-0.1, -0.05) is 24.3 Å². The highest BCUT2D eigenvalue weighted by molar-refractivity contribution is 7.88. The van der Waals surface area contributed by atoms with Crippen LogP contribution in [0.4, 0.5) is 0 Å². The summed E-state index contributed by atoms with van der Waals surface area (Å²) < 4.78 is 24.8. The van der Waals surface area contributed by atoms with Crippen LogP contribution in [0.1, 0.15) is 17.2 Å². The highest BCUT2D eigenvalue weighted by Crippen LogP contribution is 2.34. The van der Waals surface area contributed by atoms with Gasteiger partial charge in [0.05, 0.1) is 6.26 Å². The van der Waals surface area contributed by atoms with Crippen molar-refractivity contribution in [1.82, 2.24) is 14.5 Å². The van der Waals surface area contributed by atoms with Gasteiger partial charge in [0.25, 0.3) is 0 Å². The van der Waals surface area contributed by atoms with Gasteiger partial charge in [-0.2, -0.15) is 4.31 Å². The molecular formula is C15H23N3O2S. The van der Waals surface area contributed by atoms with Crippen LogP contribution in [0.25, 0.3) is 0 Å². The molecule has 0 spiro atoms. The van der Waals surface area contributed by atoms with Crippen LogP contribution < -0.4 is 5.32 Å². The van der Waals surface area contributed by atoms with Crippen molar-refractivity contribution in [2.24, 2.45) is 0 Å². The van der Waals surface area contributed by atoms with Gasteiger partial charge in [0, 0.05) is 38.3 Å². The Bertz CT molecular complexity index is 609. The second kappa shape index (κ2) is 5.68. The summed E-state index contributed by atoms with van der Waals surface area (Å²) in [5, 5.41) is 3.44. The molecule has 0 amide bonds. The second-order valence-corrected chi connectivity index (χ2v) is 7.92. The minimum atomic E-state index is -3.05. The predicted octanol–water partition coefficient (Wildman–Crippen LogP) is 0.449. The highest BCUT2D eigenvalue weighted by Gasteiger charge is 2.37. The topological polar surface area (TPSA) is 52.6 Å². The average Bonchev–Trinajstić information content (AvgIpc) is 2.85. The molecule has 5 nitrogen and oxygen atoms in total. The predicted molar refractivity (Wildman–Crippen MR) is 83.7 cm³/mol. The number of likely N-dealkylation sites (N-methyl/N-ethyl adjacent to an activating group) is 1. The monoisotopic (exact) mass is 309 g/mol.